The Kier molecular flexibility index (Phi) is 5.79. The standard InChI is InChI=1S/C13H17F2NO4S/c1-9(2)16(7-3-4-13(17)18)21(19,20)12-8-10(14)5-6-11(12)15/h5-6,8-9H,3-4,7H2,1-2H3,(H,17,18). The van der Waals surface area contributed by atoms with Crippen LogP contribution in [0.5, 0.6) is 0 Å². The van der Waals surface area contributed by atoms with E-state index in [2.05, 4.69) is 0 Å². The minimum atomic E-state index is -4.23. The molecule has 21 heavy (non-hydrogen) atoms. The summed E-state index contributed by atoms with van der Waals surface area (Å²) in [6, 6.07) is 1.69. The molecule has 0 atom stereocenters. The maximum Gasteiger partial charge on any atom is 0.303 e. The molecule has 0 aliphatic heterocycles. The van der Waals surface area contributed by atoms with Crippen LogP contribution in [0.15, 0.2) is 23.1 Å². The number of rotatable bonds is 7. The van der Waals surface area contributed by atoms with Crippen LogP contribution in [0.3, 0.4) is 0 Å². The van der Waals surface area contributed by atoms with Crippen LogP contribution in [-0.2, 0) is 14.8 Å². The molecule has 118 valence electrons. The van der Waals surface area contributed by atoms with Crippen molar-refractivity contribution in [3.63, 3.8) is 0 Å². The zero-order chi connectivity index (χ0) is 16.2. The Morgan fingerprint density at radius 1 is 1.33 bits per heavy atom. The second-order valence-electron chi connectivity index (χ2n) is 4.78. The van der Waals surface area contributed by atoms with Crippen LogP contribution < -0.4 is 0 Å². The monoisotopic (exact) mass is 321 g/mol. The normalized spacial score (nSPS) is 12.1. The molecule has 0 bridgehead atoms. The number of aliphatic carboxylic acids is 1. The molecule has 0 unspecified atom stereocenters. The van der Waals surface area contributed by atoms with Crippen LogP contribution in [0.2, 0.25) is 0 Å². The summed E-state index contributed by atoms with van der Waals surface area (Å²) in [7, 11) is -4.23. The molecule has 0 saturated carbocycles. The van der Waals surface area contributed by atoms with Gasteiger partial charge < -0.3 is 5.11 Å². The first kappa shape index (κ1) is 17.5. The third-order valence-corrected chi connectivity index (χ3v) is 4.92. The summed E-state index contributed by atoms with van der Waals surface area (Å²) in [6.07, 6.45) is -0.117. The summed E-state index contributed by atoms with van der Waals surface area (Å²) in [5, 5.41) is 8.59. The molecule has 8 heteroatoms. The molecule has 1 N–H and O–H groups in total. The molecule has 0 aliphatic carbocycles. The Hall–Kier alpha value is -1.54. The highest BCUT2D eigenvalue weighted by molar-refractivity contribution is 7.89. The lowest BCUT2D eigenvalue weighted by Gasteiger charge is -2.25. The molecule has 0 radical (unpaired) electrons. The molecule has 1 rings (SSSR count). The van der Waals surface area contributed by atoms with Crippen molar-refractivity contribution in [3.05, 3.63) is 29.8 Å². The Bertz CT molecular complexity index is 617. The zero-order valence-corrected chi connectivity index (χ0v) is 12.5. The molecule has 0 heterocycles. The van der Waals surface area contributed by atoms with E-state index in [-0.39, 0.29) is 19.4 Å². The van der Waals surface area contributed by atoms with Crippen molar-refractivity contribution in [2.45, 2.75) is 37.6 Å². The van der Waals surface area contributed by atoms with E-state index >= 15 is 0 Å². The fraction of sp³-hybridized carbons (Fsp3) is 0.462. The highest BCUT2D eigenvalue weighted by Gasteiger charge is 2.29. The number of carboxylic acid groups (broad SMARTS) is 1. The molecule has 1 aromatic rings. The van der Waals surface area contributed by atoms with Gasteiger partial charge in [-0.3, -0.25) is 4.79 Å². The van der Waals surface area contributed by atoms with Gasteiger partial charge in [0.05, 0.1) is 0 Å². The molecule has 0 amide bonds. The van der Waals surface area contributed by atoms with Crippen molar-refractivity contribution in [3.8, 4) is 0 Å². The van der Waals surface area contributed by atoms with E-state index in [4.69, 9.17) is 5.11 Å². The van der Waals surface area contributed by atoms with Crippen molar-refractivity contribution in [2.24, 2.45) is 0 Å². The van der Waals surface area contributed by atoms with Gasteiger partial charge in [-0.05, 0) is 38.5 Å². The molecule has 0 spiro atoms. The molecule has 0 aliphatic rings. The maximum atomic E-state index is 13.7. The number of sulfonamides is 1. The first-order valence-corrected chi connectivity index (χ1v) is 7.79. The highest BCUT2D eigenvalue weighted by Crippen LogP contribution is 2.22. The number of benzene rings is 1. The van der Waals surface area contributed by atoms with Gasteiger partial charge in [-0.15, -0.1) is 0 Å². The Morgan fingerprint density at radius 2 is 1.95 bits per heavy atom. The van der Waals surface area contributed by atoms with Crippen LogP contribution >= 0.6 is 0 Å². The molecule has 0 fully saturated rings. The van der Waals surface area contributed by atoms with E-state index < -0.39 is 38.6 Å². The van der Waals surface area contributed by atoms with Crippen LogP contribution in [0.1, 0.15) is 26.7 Å². The van der Waals surface area contributed by atoms with Crippen molar-refractivity contribution in [1.29, 1.82) is 0 Å². The second kappa shape index (κ2) is 6.95. The molecule has 0 aromatic heterocycles. The molecule has 0 saturated heterocycles. The van der Waals surface area contributed by atoms with Crippen LogP contribution in [-0.4, -0.2) is 36.4 Å². The van der Waals surface area contributed by atoms with Crippen LogP contribution in [0.25, 0.3) is 0 Å². The van der Waals surface area contributed by atoms with Gasteiger partial charge in [-0.1, -0.05) is 0 Å². The summed E-state index contributed by atoms with van der Waals surface area (Å²) in [6.45, 7) is 3.08. The van der Waals surface area contributed by atoms with E-state index in [1.165, 1.54) is 0 Å². The quantitative estimate of drug-likeness (QED) is 0.835. The summed E-state index contributed by atoms with van der Waals surface area (Å²) < 4.78 is 52.6. The first-order chi connectivity index (χ1) is 9.66. The van der Waals surface area contributed by atoms with Gasteiger partial charge in [0.1, 0.15) is 16.5 Å². The van der Waals surface area contributed by atoms with E-state index in [9.17, 15) is 22.0 Å². The Balaban J connectivity index is 3.10. The predicted molar refractivity (Wildman–Crippen MR) is 72.3 cm³/mol. The Labute approximate surface area is 122 Å². The topological polar surface area (TPSA) is 74.7 Å². The number of hydrogen-bond acceptors (Lipinski definition) is 3. The van der Waals surface area contributed by atoms with E-state index in [0.29, 0.717) is 6.07 Å². The van der Waals surface area contributed by atoms with E-state index in [0.717, 1.165) is 16.4 Å². The largest absolute Gasteiger partial charge is 0.481 e. The van der Waals surface area contributed by atoms with Crippen molar-refractivity contribution in [1.82, 2.24) is 4.31 Å². The molecular formula is C13H17F2NO4S. The van der Waals surface area contributed by atoms with Gasteiger partial charge in [0, 0.05) is 19.0 Å². The van der Waals surface area contributed by atoms with Crippen molar-refractivity contribution >= 4 is 16.0 Å². The average Bonchev–Trinajstić information content (AvgIpc) is 2.36. The first-order valence-electron chi connectivity index (χ1n) is 6.35. The lowest BCUT2D eigenvalue weighted by molar-refractivity contribution is -0.137. The van der Waals surface area contributed by atoms with Crippen LogP contribution in [0.4, 0.5) is 8.78 Å². The van der Waals surface area contributed by atoms with Crippen molar-refractivity contribution in [2.75, 3.05) is 6.54 Å². The van der Waals surface area contributed by atoms with Gasteiger partial charge in [-0.25, -0.2) is 17.2 Å². The maximum absolute atomic E-state index is 13.7. The second-order valence-corrected chi connectivity index (χ2v) is 6.64. The number of hydrogen-bond donors (Lipinski definition) is 1. The van der Waals surface area contributed by atoms with Crippen molar-refractivity contribution < 1.29 is 27.1 Å². The fourth-order valence-electron chi connectivity index (χ4n) is 1.84. The minimum Gasteiger partial charge on any atom is -0.481 e. The number of carbonyl (C=O) groups is 1. The number of carboxylic acids is 1. The minimum absolute atomic E-state index is 0.0811. The van der Waals surface area contributed by atoms with Crippen LogP contribution in [0, 0.1) is 11.6 Å². The lowest BCUT2D eigenvalue weighted by Crippen LogP contribution is -2.38. The summed E-state index contributed by atoms with van der Waals surface area (Å²) >= 11 is 0. The molecule has 5 nitrogen and oxygen atoms in total. The predicted octanol–water partition coefficient (Wildman–Crippen LogP) is 2.23. The van der Waals surface area contributed by atoms with Gasteiger partial charge in [0.25, 0.3) is 0 Å². The summed E-state index contributed by atoms with van der Waals surface area (Å²) in [4.78, 5) is 9.75. The lowest BCUT2D eigenvalue weighted by atomic mass is 10.3. The van der Waals surface area contributed by atoms with E-state index in [1.807, 2.05) is 0 Å². The average molecular weight is 321 g/mol. The number of halogens is 2. The van der Waals surface area contributed by atoms with Gasteiger partial charge in [-0.2, -0.15) is 4.31 Å². The third-order valence-electron chi connectivity index (χ3n) is 2.82. The third kappa shape index (κ3) is 4.47. The van der Waals surface area contributed by atoms with Gasteiger partial charge in [0.15, 0.2) is 0 Å². The van der Waals surface area contributed by atoms with E-state index in [1.54, 1.807) is 13.8 Å². The Morgan fingerprint density at radius 3 is 2.48 bits per heavy atom. The fourth-order valence-corrected chi connectivity index (χ4v) is 3.60. The smallest absolute Gasteiger partial charge is 0.303 e. The van der Waals surface area contributed by atoms with Gasteiger partial charge in [0.2, 0.25) is 10.0 Å². The summed E-state index contributed by atoms with van der Waals surface area (Å²) in [5.74, 6) is -2.95. The summed E-state index contributed by atoms with van der Waals surface area (Å²) in [5.41, 5.74) is 0. The molecular weight excluding hydrogens is 304 g/mol. The number of nitrogens with zero attached hydrogens (tertiary/aromatic N) is 1. The van der Waals surface area contributed by atoms with Gasteiger partial charge >= 0.3 is 5.97 Å². The molecule has 1 aromatic carbocycles. The SMILES string of the molecule is CC(C)N(CCCC(=O)O)S(=O)(=O)c1cc(F)ccc1F. The zero-order valence-electron chi connectivity index (χ0n) is 11.7. The highest BCUT2D eigenvalue weighted by atomic mass is 32.2.